The summed E-state index contributed by atoms with van der Waals surface area (Å²) in [6.45, 7) is 13.8. The van der Waals surface area contributed by atoms with Crippen LogP contribution in [0.5, 0.6) is 0 Å². The molecule has 10 aromatic rings. The first kappa shape index (κ1) is 35.4. The van der Waals surface area contributed by atoms with Crippen molar-refractivity contribution in [3.05, 3.63) is 203 Å². The Bertz CT molecular complexity index is 2980. The molecule has 0 fully saturated rings. The number of pyridine rings is 2. The van der Waals surface area contributed by atoms with Gasteiger partial charge in [-0.15, -0.1) is 0 Å². The fourth-order valence-electron chi connectivity index (χ4n) is 9.80. The van der Waals surface area contributed by atoms with Gasteiger partial charge in [0.05, 0.1) is 33.5 Å². The molecule has 4 aromatic heterocycles. The molecular formula is C55H46N4. The van der Waals surface area contributed by atoms with Gasteiger partial charge in [0.2, 0.25) is 0 Å². The van der Waals surface area contributed by atoms with E-state index in [1.54, 1.807) is 0 Å². The molecule has 1 aliphatic carbocycles. The zero-order valence-corrected chi connectivity index (χ0v) is 34.5. The van der Waals surface area contributed by atoms with E-state index in [0.29, 0.717) is 0 Å². The van der Waals surface area contributed by atoms with Gasteiger partial charge in [0, 0.05) is 21.5 Å². The molecule has 4 nitrogen and oxygen atoms in total. The molecule has 11 rings (SSSR count). The van der Waals surface area contributed by atoms with E-state index in [-0.39, 0.29) is 10.8 Å². The summed E-state index contributed by atoms with van der Waals surface area (Å²) in [6, 6.07) is 62.1. The third-order valence-corrected chi connectivity index (χ3v) is 12.7. The predicted molar refractivity (Wildman–Crippen MR) is 245 cm³/mol. The number of fused-ring (bicyclic) bond motifs is 9. The van der Waals surface area contributed by atoms with Crippen molar-refractivity contribution in [3.8, 4) is 22.8 Å². The first-order valence-corrected chi connectivity index (χ1v) is 20.8. The van der Waals surface area contributed by atoms with Gasteiger partial charge in [-0.1, -0.05) is 163 Å². The highest BCUT2D eigenvalue weighted by Gasteiger charge is 2.49. The number of hydrogen-bond acceptors (Lipinski definition) is 2. The van der Waals surface area contributed by atoms with Crippen molar-refractivity contribution < 1.29 is 0 Å². The SMILES string of the molecule is CC(C)(C)c1ccc2c(c1)-c1cc(C(C)(C)C)ccc1C2(c1cccc(-n2c3ccccc3c3ccccc32)n1)c1cccc(-n2c3ccccc3c3ccccc32)n1. The van der Waals surface area contributed by atoms with E-state index in [1.807, 2.05) is 0 Å². The van der Waals surface area contributed by atoms with Gasteiger partial charge in [-0.3, -0.25) is 9.13 Å². The summed E-state index contributed by atoms with van der Waals surface area (Å²) < 4.78 is 4.65. The molecule has 4 heterocycles. The molecular weight excluding hydrogens is 717 g/mol. The van der Waals surface area contributed by atoms with E-state index in [2.05, 4.69) is 221 Å². The molecule has 4 heteroatoms. The van der Waals surface area contributed by atoms with Crippen molar-refractivity contribution >= 4 is 43.6 Å². The highest BCUT2D eigenvalue weighted by atomic mass is 15.1. The normalized spacial score (nSPS) is 13.7. The summed E-state index contributed by atoms with van der Waals surface area (Å²) in [5.41, 5.74) is 13.0. The maximum absolute atomic E-state index is 5.79. The molecule has 0 saturated carbocycles. The number of nitrogens with zero attached hydrogens (tertiary/aromatic N) is 4. The first-order chi connectivity index (χ1) is 28.5. The number of aromatic nitrogens is 4. The molecule has 0 N–H and O–H groups in total. The maximum atomic E-state index is 5.79. The van der Waals surface area contributed by atoms with Gasteiger partial charge in [-0.25, -0.2) is 9.97 Å². The Kier molecular flexibility index (Phi) is 7.56. The topological polar surface area (TPSA) is 35.6 Å². The van der Waals surface area contributed by atoms with Crippen LogP contribution in [-0.2, 0) is 16.2 Å². The monoisotopic (exact) mass is 762 g/mol. The third-order valence-electron chi connectivity index (χ3n) is 12.7. The Balaban J connectivity index is 1.25. The minimum absolute atomic E-state index is 0.0362. The van der Waals surface area contributed by atoms with Crippen LogP contribution in [0.1, 0.15) is 75.2 Å². The standard InChI is InChI=1S/C55H46N4/c1-53(2,3)35-29-31-43-41(33-35)42-34-36(54(4,5)6)30-32-44(42)55(43,49-25-15-27-51(56-49)58-45-21-11-7-17-37(45)38-18-8-12-22-46(38)58)50-26-16-28-52(57-50)59-47-23-13-9-19-39(47)40-20-10-14-24-48(40)59/h7-34H,1-6H3. The second-order valence-corrected chi connectivity index (χ2v) is 18.3. The lowest BCUT2D eigenvalue weighted by Gasteiger charge is -2.33. The van der Waals surface area contributed by atoms with E-state index >= 15 is 0 Å². The van der Waals surface area contributed by atoms with Crippen LogP contribution in [0.25, 0.3) is 66.4 Å². The van der Waals surface area contributed by atoms with E-state index < -0.39 is 5.41 Å². The fourth-order valence-corrected chi connectivity index (χ4v) is 9.80. The molecule has 0 radical (unpaired) electrons. The second-order valence-electron chi connectivity index (χ2n) is 18.3. The Labute approximate surface area is 345 Å². The highest BCUT2D eigenvalue weighted by molar-refractivity contribution is 6.10. The third kappa shape index (κ3) is 5.15. The summed E-state index contributed by atoms with van der Waals surface area (Å²) in [5, 5.41) is 4.86. The summed E-state index contributed by atoms with van der Waals surface area (Å²) in [5.74, 6) is 1.76. The van der Waals surface area contributed by atoms with Gasteiger partial charge in [0.25, 0.3) is 0 Å². The molecule has 0 saturated heterocycles. The van der Waals surface area contributed by atoms with Gasteiger partial charge in [-0.05, 0) is 92.7 Å². The highest BCUT2D eigenvalue weighted by Crippen LogP contribution is 2.57. The maximum Gasteiger partial charge on any atom is 0.137 e. The molecule has 0 unspecified atom stereocenters. The molecule has 0 atom stereocenters. The fraction of sp³-hybridized carbons (Fsp3) is 0.164. The lowest BCUT2D eigenvalue weighted by molar-refractivity contribution is 0.589. The number of hydrogen-bond donors (Lipinski definition) is 0. The largest absolute Gasteiger partial charge is 0.294 e. The minimum Gasteiger partial charge on any atom is -0.294 e. The van der Waals surface area contributed by atoms with Crippen LogP contribution >= 0.6 is 0 Å². The van der Waals surface area contributed by atoms with Crippen molar-refractivity contribution in [2.24, 2.45) is 0 Å². The van der Waals surface area contributed by atoms with Gasteiger partial charge in [0.1, 0.15) is 17.1 Å². The quantitative estimate of drug-likeness (QED) is 0.179. The van der Waals surface area contributed by atoms with Crippen LogP contribution in [0.3, 0.4) is 0 Å². The van der Waals surface area contributed by atoms with Crippen LogP contribution in [0.4, 0.5) is 0 Å². The molecule has 286 valence electrons. The van der Waals surface area contributed by atoms with E-state index in [4.69, 9.17) is 9.97 Å². The Hall–Kier alpha value is -6.78. The molecule has 6 aromatic carbocycles. The number of para-hydroxylation sites is 4. The lowest BCUT2D eigenvalue weighted by Crippen LogP contribution is -2.32. The van der Waals surface area contributed by atoms with Crippen LogP contribution in [0.2, 0.25) is 0 Å². The summed E-state index contributed by atoms with van der Waals surface area (Å²) in [4.78, 5) is 11.6. The predicted octanol–water partition coefficient (Wildman–Crippen LogP) is 13.6. The van der Waals surface area contributed by atoms with Crippen molar-refractivity contribution in [1.29, 1.82) is 0 Å². The van der Waals surface area contributed by atoms with Gasteiger partial charge < -0.3 is 0 Å². The number of rotatable bonds is 4. The zero-order valence-electron chi connectivity index (χ0n) is 34.5. The Morgan fingerprint density at radius 1 is 0.373 bits per heavy atom. The second kappa shape index (κ2) is 12.6. The first-order valence-electron chi connectivity index (χ1n) is 20.8. The van der Waals surface area contributed by atoms with E-state index in [9.17, 15) is 0 Å². The summed E-state index contributed by atoms with van der Waals surface area (Å²) in [7, 11) is 0. The molecule has 0 amide bonds. The smallest absolute Gasteiger partial charge is 0.137 e. The molecule has 1 aliphatic rings. The van der Waals surface area contributed by atoms with E-state index in [1.165, 1.54) is 54.9 Å². The molecule has 59 heavy (non-hydrogen) atoms. The van der Waals surface area contributed by atoms with E-state index in [0.717, 1.165) is 45.1 Å². The zero-order chi connectivity index (χ0) is 40.3. The molecule has 0 bridgehead atoms. The van der Waals surface area contributed by atoms with Crippen LogP contribution < -0.4 is 0 Å². The van der Waals surface area contributed by atoms with Crippen LogP contribution in [0.15, 0.2) is 170 Å². The van der Waals surface area contributed by atoms with Crippen molar-refractivity contribution in [3.63, 3.8) is 0 Å². The Morgan fingerprint density at radius 3 is 1.05 bits per heavy atom. The van der Waals surface area contributed by atoms with Gasteiger partial charge >= 0.3 is 0 Å². The van der Waals surface area contributed by atoms with Crippen LogP contribution in [-0.4, -0.2) is 19.1 Å². The summed E-state index contributed by atoms with van der Waals surface area (Å²) >= 11 is 0. The molecule has 0 spiro atoms. The lowest BCUT2D eigenvalue weighted by atomic mass is 9.71. The van der Waals surface area contributed by atoms with Gasteiger partial charge in [0.15, 0.2) is 0 Å². The minimum atomic E-state index is -0.832. The average molecular weight is 763 g/mol. The molecule has 0 aliphatic heterocycles. The van der Waals surface area contributed by atoms with Crippen molar-refractivity contribution in [1.82, 2.24) is 19.1 Å². The summed E-state index contributed by atoms with van der Waals surface area (Å²) in [6.07, 6.45) is 0. The van der Waals surface area contributed by atoms with Crippen LogP contribution in [0, 0.1) is 0 Å². The van der Waals surface area contributed by atoms with Gasteiger partial charge in [-0.2, -0.15) is 0 Å². The Morgan fingerprint density at radius 2 is 0.712 bits per heavy atom. The van der Waals surface area contributed by atoms with Crippen molar-refractivity contribution in [2.75, 3.05) is 0 Å². The number of benzene rings is 6. The average Bonchev–Trinajstić information content (AvgIpc) is 3.87. The van der Waals surface area contributed by atoms with Crippen molar-refractivity contribution in [2.45, 2.75) is 57.8 Å².